The molecule has 0 radical (unpaired) electrons. The van der Waals surface area contributed by atoms with Crippen molar-refractivity contribution in [3.63, 3.8) is 0 Å². The van der Waals surface area contributed by atoms with Crippen molar-refractivity contribution >= 4 is 40.6 Å². The number of benzene rings is 2. The van der Waals surface area contributed by atoms with Crippen molar-refractivity contribution in [2.24, 2.45) is 0 Å². The summed E-state index contributed by atoms with van der Waals surface area (Å²) in [6.07, 6.45) is 1.74. The molecular formula is C29H26ClN3O5S. The minimum absolute atomic E-state index is 0.296. The van der Waals surface area contributed by atoms with E-state index in [4.69, 9.17) is 42.4 Å². The third kappa shape index (κ3) is 5.61. The van der Waals surface area contributed by atoms with Crippen LogP contribution < -0.4 is 15.0 Å². The van der Waals surface area contributed by atoms with Gasteiger partial charge < -0.3 is 28.8 Å². The monoisotopic (exact) mass is 563 g/mol. The number of esters is 1. The van der Waals surface area contributed by atoms with Gasteiger partial charge in [0.25, 0.3) is 0 Å². The molecule has 1 aliphatic rings. The van der Waals surface area contributed by atoms with Crippen LogP contribution in [0.5, 0.6) is 5.75 Å². The number of pyridine rings is 1. The molecule has 1 fully saturated rings. The van der Waals surface area contributed by atoms with E-state index < -0.39 is 5.97 Å². The maximum Gasteiger partial charge on any atom is 0.337 e. The van der Waals surface area contributed by atoms with Crippen LogP contribution in [-0.4, -0.2) is 43.5 Å². The van der Waals surface area contributed by atoms with Crippen LogP contribution in [0.3, 0.4) is 0 Å². The summed E-state index contributed by atoms with van der Waals surface area (Å²) in [7, 11) is 2.97. The summed E-state index contributed by atoms with van der Waals surface area (Å²) >= 11 is 12.4. The zero-order valence-corrected chi connectivity index (χ0v) is 22.9. The minimum Gasteiger partial charge on any atom is -0.490 e. The van der Waals surface area contributed by atoms with Gasteiger partial charge in [-0.2, -0.15) is 0 Å². The van der Waals surface area contributed by atoms with Crippen LogP contribution in [0.4, 0.5) is 5.69 Å². The number of hydrogen-bond acceptors (Lipinski definition) is 7. The number of aromatic nitrogens is 1. The highest BCUT2D eigenvalue weighted by atomic mass is 35.5. The van der Waals surface area contributed by atoms with Crippen molar-refractivity contribution in [1.29, 1.82) is 0 Å². The van der Waals surface area contributed by atoms with E-state index >= 15 is 0 Å². The molecule has 2 unspecified atom stereocenters. The fraction of sp³-hybridized carbons (Fsp3) is 0.207. The molecule has 0 spiro atoms. The van der Waals surface area contributed by atoms with Crippen molar-refractivity contribution in [3.8, 4) is 17.1 Å². The van der Waals surface area contributed by atoms with E-state index in [1.165, 1.54) is 7.11 Å². The Labute approximate surface area is 236 Å². The third-order valence-corrected chi connectivity index (χ3v) is 6.93. The van der Waals surface area contributed by atoms with Crippen LogP contribution in [0.25, 0.3) is 11.3 Å². The Balaban J connectivity index is 1.53. The second kappa shape index (κ2) is 11.9. The Morgan fingerprint density at radius 2 is 1.95 bits per heavy atom. The zero-order chi connectivity index (χ0) is 27.4. The molecule has 3 heterocycles. The Hall–Kier alpha value is -3.92. The maximum absolute atomic E-state index is 12.1. The highest BCUT2D eigenvalue weighted by molar-refractivity contribution is 7.80. The lowest BCUT2D eigenvalue weighted by Crippen LogP contribution is -2.29. The van der Waals surface area contributed by atoms with E-state index in [1.807, 2.05) is 59.5 Å². The van der Waals surface area contributed by atoms with Crippen molar-refractivity contribution < 1.29 is 23.4 Å². The predicted octanol–water partition coefficient (Wildman–Crippen LogP) is 5.98. The normalized spacial score (nSPS) is 16.7. The molecule has 2 aromatic carbocycles. The van der Waals surface area contributed by atoms with Gasteiger partial charge in [0.2, 0.25) is 0 Å². The molecule has 1 aliphatic heterocycles. The number of rotatable bonds is 9. The molecule has 0 bridgehead atoms. The van der Waals surface area contributed by atoms with Crippen molar-refractivity contribution in [1.82, 2.24) is 10.3 Å². The SMILES string of the molecule is COCCOc1ccc(N2C(=S)NC(c3ccccn3)C2c2ccc(-c3cccc(C(=O)OC)c3)o2)cc1Cl. The Morgan fingerprint density at radius 1 is 1.08 bits per heavy atom. The lowest BCUT2D eigenvalue weighted by atomic mass is 10.0. The van der Waals surface area contributed by atoms with Gasteiger partial charge in [0.05, 0.1) is 36.0 Å². The van der Waals surface area contributed by atoms with Gasteiger partial charge in [-0.05, 0) is 66.8 Å². The number of hydrogen-bond donors (Lipinski definition) is 1. The number of anilines is 1. The van der Waals surface area contributed by atoms with Crippen molar-refractivity contribution in [2.45, 2.75) is 12.1 Å². The van der Waals surface area contributed by atoms with E-state index in [2.05, 4.69) is 10.3 Å². The second-order valence-electron chi connectivity index (χ2n) is 8.73. The van der Waals surface area contributed by atoms with E-state index in [1.54, 1.807) is 31.5 Å². The van der Waals surface area contributed by atoms with Gasteiger partial charge in [0.15, 0.2) is 5.11 Å². The van der Waals surface area contributed by atoms with Gasteiger partial charge in [0, 0.05) is 24.6 Å². The van der Waals surface area contributed by atoms with E-state index in [-0.39, 0.29) is 12.1 Å². The molecule has 10 heteroatoms. The first kappa shape index (κ1) is 26.7. The maximum atomic E-state index is 12.1. The molecule has 2 aromatic heterocycles. The topological polar surface area (TPSA) is 86.1 Å². The number of carbonyl (C=O) groups is 1. The summed E-state index contributed by atoms with van der Waals surface area (Å²) in [5, 5.41) is 4.36. The summed E-state index contributed by atoms with van der Waals surface area (Å²) in [5.74, 6) is 1.40. The van der Waals surface area contributed by atoms with Crippen LogP contribution in [0.2, 0.25) is 5.02 Å². The fourth-order valence-electron chi connectivity index (χ4n) is 4.50. The number of methoxy groups -OCH3 is 2. The number of carbonyl (C=O) groups excluding carboxylic acids is 1. The summed E-state index contributed by atoms with van der Waals surface area (Å²) in [6.45, 7) is 0.839. The minimum atomic E-state index is -0.415. The van der Waals surface area contributed by atoms with E-state index in [0.717, 1.165) is 16.9 Å². The van der Waals surface area contributed by atoms with E-state index in [9.17, 15) is 4.79 Å². The van der Waals surface area contributed by atoms with Crippen LogP contribution in [0, 0.1) is 0 Å². The number of furan rings is 1. The third-order valence-electron chi connectivity index (χ3n) is 6.32. The molecule has 0 aliphatic carbocycles. The average molecular weight is 564 g/mol. The molecule has 4 aromatic rings. The number of nitrogens with zero attached hydrogens (tertiary/aromatic N) is 2. The van der Waals surface area contributed by atoms with Crippen LogP contribution >= 0.6 is 23.8 Å². The summed E-state index contributed by atoms with van der Waals surface area (Å²) < 4.78 is 22.0. The lowest BCUT2D eigenvalue weighted by Gasteiger charge is -2.26. The predicted molar refractivity (Wildman–Crippen MR) is 152 cm³/mol. The van der Waals surface area contributed by atoms with Gasteiger partial charge in [-0.15, -0.1) is 0 Å². The average Bonchev–Trinajstić information content (AvgIpc) is 3.59. The summed E-state index contributed by atoms with van der Waals surface area (Å²) in [4.78, 5) is 18.6. The van der Waals surface area contributed by atoms with Crippen molar-refractivity contribution in [3.05, 3.63) is 101 Å². The first-order valence-electron chi connectivity index (χ1n) is 12.2. The second-order valence-corrected chi connectivity index (χ2v) is 9.52. The van der Waals surface area contributed by atoms with Gasteiger partial charge in [-0.3, -0.25) is 4.98 Å². The largest absolute Gasteiger partial charge is 0.490 e. The zero-order valence-electron chi connectivity index (χ0n) is 21.3. The van der Waals surface area contributed by atoms with Crippen LogP contribution in [0.15, 0.2) is 83.4 Å². The fourth-order valence-corrected chi connectivity index (χ4v) is 5.07. The van der Waals surface area contributed by atoms with Crippen LogP contribution in [0.1, 0.15) is 33.9 Å². The Morgan fingerprint density at radius 3 is 2.69 bits per heavy atom. The molecule has 0 saturated carbocycles. The van der Waals surface area contributed by atoms with E-state index in [0.29, 0.717) is 46.2 Å². The van der Waals surface area contributed by atoms with Crippen molar-refractivity contribution in [2.75, 3.05) is 32.3 Å². The number of nitrogens with one attached hydrogen (secondary N) is 1. The number of ether oxygens (including phenoxy) is 3. The molecule has 0 amide bonds. The van der Waals surface area contributed by atoms with Crippen LogP contribution in [-0.2, 0) is 9.47 Å². The molecule has 8 nitrogen and oxygen atoms in total. The first-order valence-corrected chi connectivity index (χ1v) is 13.0. The van der Waals surface area contributed by atoms with Gasteiger partial charge in [-0.1, -0.05) is 29.8 Å². The number of thiocarbonyl (C=S) groups is 1. The molecule has 200 valence electrons. The summed E-state index contributed by atoms with van der Waals surface area (Å²) in [6, 6.07) is 21.5. The van der Waals surface area contributed by atoms with Gasteiger partial charge in [0.1, 0.15) is 29.9 Å². The van der Waals surface area contributed by atoms with Gasteiger partial charge in [-0.25, -0.2) is 4.79 Å². The Bertz CT molecular complexity index is 1480. The molecule has 39 heavy (non-hydrogen) atoms. The quantitative estimate of drug-likeness (QED) is 0.150. The lowest BCUT2D eigenvalue weighted by molar-refractivity contribution is 0.0601. The first-order chi connectivity index (χ1) is 19.0. The molecule has 2 atom stereocenters. The molecule has 1 N–H and O–H groups in total. The highest BCUT2D eigenvalue weighted by Crippen LogP contribution is 2.44. The standard InChI is InChI=1S/C29H26ClN3O5S/c1-35-14-15-37-24-10-9-20(17-21(24)30)33-27(26(32-29(33)39)22-8-3-4-13-31-22)25-12-11-23(38-25)18-6-5-7-19(16-18)28(34)36-2/h3-13,16-17,26-27H,14-15H2,1-2H3,(H,32,39). The molecule has 5 rings (SSSR count). The summed E-state index contributed by atoms with van der Waals surface area (Å²) in [5.41, 5.74) is 2.76. The highest BCUT2D eigenvalue weighted by Gasteiger charge is 2.42. The Kier molecular flexibility index (Phi) is 8.11. The molecular weight excluding hydrogens is 538 g/mol. The van der Waals surface area contributed by atoms with Gasteiger partial charge >= 0.3 is 5.97 Å². The molecule has 1 saturated heterocycles. The smallest absolute Gasteiger partial charge is 0.337 e. The number of halogens is 1.